The van der Waals surface area contributed by atoms with Crippen molar-refractivity contribution in [3.63, 3.8) is 0 Å². The standard InChI is InChI=1S/C16H31N3O2/c1-12-10-19(11-14(12)18(3)4)9-8-16(2,15(20)21-5)17-13-6-7-13/h12-14,17H,6-11H2,1-5H3. The minimum atomic E-state index is -0.546. The van der Waals surface area contributed by atoms with Gasteiger partial charge in [-0.25, -0.2) is 0 Å². The van der Waals surface area contributed by atoms with Crippen molar-refractivity contribution >= 4 is 5.97 Å². The highest BCUT2D eigenvalue weighted by Crippen LogP contribution is 2.26. The molecule has 2 fully saturated rings. The summed E-state index contributed by atoms with van der Waals surface area (Å²) in [7, 11) is 5.78. The van der Waals surface area contributed by atoms with E-state index in [1.165, 1.54) is 20.0 Å². The maximum absolute atomic E-state index is 12.1. The maximum Gasteiger partial charge on any atom is 0.325 e. The third-order valence-electron chi connectivity index (χ3n) is 4.98. The van der Waals surface area contributed by atoms with E-state index in [1.54, 1.807) is 0 Å². The largest absolute Gasteiger partial charge is 0.468 e. The zero-order valence-corrected chi connectivity index (χ0v) is 14.2. The second kappa shape index (κ2) is 6.63. The van der Waals surface area contributed by atoms with Crippen LogP contribution in [0.1, 0.15) is 33.1 Å². The van der Waals surface area contributed by atoms with Gasteiger partial charge in [-0.1, -0.05) is 6.92 Å². The van der Waals surface area contributed by atoms with Gasteiger partial charge in [0.2, 0.25) is 0 Å². The Hall–Kier alpha value is -0.650. The minimum Gasteiger partial charge on any atom is -0.468 e. The Bertz CT molecular complexity index is 371. The molecule has 1 aliphatic heterocycles. The lowest BCUT2D eigenvalue weighted by atomic mass is 9.97. The summed E-state index contributed by atoms with van der Waals surface area (Å²) in [5, 5.41) is 3.48. The Morgan fingerprint density at radius 2 is 2.05 bits per heavy atom. The number of carbonyl (C=O) groups is 1. The summed E-state index contributed by atoms with van der Waals surface area (Å²) in [6, 6.07) is 1.12. The fourth-order valence-electron chi connectivity index (χ4n) is 3.42. The molecule has 5 heteroatoms. The molecular weight excluding hydrogens is 266 g/mol. The summed E-state index contributed by atoms with van der Waals surface area (Å²) in [5.41, 5.74) is -0.546. The Balaban J connectivity index is 1.88. The van der Waals surface area contributed by atoms with Crippen LogP contribution in [0.25, 0.3) is 0 Å². The molecule has 1 heterocycles. The molecule has 1 N–H and O–H groups in total. The summed E-state index contributed by atoms with van der Waals surface area (Å²) in [6.07, 6.45) is 3.16. The summed E-state index contributed by atoms with van der Waals surface area (Å²) in [5.74, 6) is 0.548. The molecule has 1 saturated carbocycles. The third kappa shape index (κ3) is 4.18. The molecule has 3 atom stereocenters. The molecule has 0 aromatic rings. The molecule has 0 aromatic heterocycles. The number of nitrogens with zero attached hydrogens (tertiary/aromatic N) is 2. The van der Waals surface area contributed by atoms with Crippen molar-refractivity contribution in [3.8, 4) is 0 Å². The number of likely N-dealkylation sites (N-methyl/N-ethyl adjacent to an activating group) is 1. The molecule has 0 spiro atoms. The lowest BCUT2D eigenvalue weighted by molar-refractivity contribution is -0.148. The first-order valence-electron chi connectivity index (χ1n) is 8.10. The van der Waals surface area contributed by atoms with Gasteiger partial charge in [0.25, 0.3) is 0 Å². The highest BCUT2D eigenvalue weighted by Gasteiger charge is 2.40. The molecule has 3 unspecified atom stereocenters. The van der Waals surface area contributed by atoms with Crippen LogP contribution in [0, 0.1) is 5.92 Å². The lowest BCUT2D eigenvalue weighted by Crippen LogP contribution is -2.53. The number of rotatable bonds is 7. The van der Waals surface area contributed by atoms with E-state index in [9.17, 15) is 4.79 Å². The number of carbonyl (C=O) groups excluding carboxylic acids is 1. The molecule has 122 valence electrons. The van der Waals surface area contributed by atoms with E-state index in [1.807, 2.05) is 6.92 Å². The molecule has 2 aliphatic rings. The number of hydrogen-bond acceptors (Lipinski definition) is 5. The van der Waals surface area contributed by atoms with E-state index in [-0.39, 0.29) is 5.97 Å². The summed E-state index contributed by atoms with van der Waals surface area (Å²) in [6.45, 7) is 7.45. The van der Waals surface area contributed by atoms with Gasteiger partial charge in [0.15, 0.2) is 0 Å². The second-order valence-corrected chi connectivity index (χ2v) is 7.26. The maximum atomic E-state index is 12.1. The van der Waals surface area contributed by atoms with Crippen molar-refractivity contribution in [1.82, 2.24) is 15.1 Å². The summed E-state index contributed by atoms with van der Waals surface area (Å²) < 4.78 is 5.01. The fourth-order valence-corrected chi connectivity index (χ4v) is 3.42. The number of esters is 1. The molecule has 1 aliphatic carbocycles. The first kappa shape index (κ1) is 16.7. The minimum absolute atomic E-state index is 0.134. The Kier molecular flexibility index (Phi) is 5.28. The van der Waals surface area contributed by atoms with Crippen LogP contribution < -0.4 is 5.32 Å². The van der Waals surface area contributed by atoms with E-state index in [4.69, 9.17) is 4.74 Å². The number of methoxy groups -OCH3 is 1. The Labute approximate surface area is 129 Å². The van der Waals surface area contributed by atoms with Crippen LogP contribution in [0.3, 0.4) is 0 Å². The average Bonchev–Trinajstić information content (AvgIpc) is 3.15. The lowest BCUT2D eigenvalue weighted by Gasteiger charge is -2.30. The number of hydrogen-bond donors (Lipinski definition) is 1. The zero-order valence-electron chi connectivity index (χ0n) is 14.2. The van der Waals surface area contributed by atoms with Gasteiger partial charge in [-0.3, -0.25) is 10.1 Å². The zero-order chi connectivity index (χ0) is 15.6. The van der Waals surface area contributed by atoms with Crippen molar-refractivity contribution in [2.45, 2.75) is 50.7 Å². The number of ether oxygens (including phenoxy) is 1. The highest BCUT2D eigenvalue weighted by molar-refractivity contribution is 5.80. The topological polar surface area (TPSA) is 44.8 Å². The van der Waals surface area contributed by atoms with Crippen LogP contribution in [0.4, 0.5) is 0 Å². The Morgan fingerprint density at radius 1 is 1.38 bits per heavy atom. The van der Waals surface area contributed by atoms with Crippen LogP contribution in [0.15, 0.2) is 0 Å². The molecule has 1 saturated heterocycles. The van der Waals surface area contributed by atoms with Crippen LogP contribution >= 0.6 is 0 Å². The molecule has 0 amide bonds. The van der Waals surface area contributed by atoms with Crippen molar-refractivity contribution < 1.29 is 9.53 Å². The second-order valence-electron chi connectivity index (χ2n) is 7.26. The molecule has 2 rings (SSSR count). The highest BCUT2D eigenvalue weighted by atomic mass is 16.5. The van der Waals surface area contributed by atoms with E-state index in [2.05, 4.69) is 36.1 Å². The van der Waals surface area contributed by atoms with Gasteiger partial charge in [0.05, 0.1) is 7.11 Å². The molecule has 0 bridgehead atoms. The van der Waals surface area contributed by atoms with E-state index in [0.717, 1.165) is 26.1 Å². The SMILES string of the molecule is COC(=O)C(C)(CCN1CC(C)C(N(C)C)C1)NC1CC1. The average molecular weight is 297 g/mol. The summed E-state index contributed by atoms with van der Waals surface area (Å²) in [4.78, 5) is 16.9. The van der Waals surface area contributed by atoms with Crippen molar-refractivity contribution in [1.29, 1.82) is 0 Å². The molecule has 21 heavy (non-hydrogen) atoms. The normalized spacial score (nSPS) is 29.6. The van der Waals surface area contributed by atoms with Gasteiger partial charge in [0, 0.05) is 31.7 Å². The molecule has 0 radical (unpaired) electrons. The van der Waals surface area contributed by atoms with Gasteiger partial charge in [-0.05, 0) is 46.2 Å². The smallest absolute Gasteiger partial charge is 0.325 e. The van der Waals surface area contributed by atoms with E-state index in [0.29, 0.717) is 18.0 Å². The van der Waals surface area contributed by atoms with E-state index < -0.39 is 5.54 Å². The molecule has 0 aromatic carbocycles. The van der Waals surface area contributed by atoms with Gasteiger partial charge in [-0.2, -0.15) is 0 Å². The fraction of sp³-hybridized carbons (Fsp3) is 0.938. The number of likely N-dealkylation sites (tertiary alicyclic amines) is 1. The van der Waals surface area contributed by atoms with Crippen molar-refractivity contribution in [3.05, 3.63) is 0 Å². The first-order valence-corrected chi connectivity index (χ1v) is 8.10. The van der Waals surface area contributed by atoms with Gasteiger partial charge >= 0.3 is 5.97 Å². The van der Waals surface area contributed by atoms with Crippen LogP contribution in [-0.4, -0.2) is 74.2 Å². The predicted molar refractivity (Wildman–Crippen MR) is 84.3 cm³/mol. The van der Waals surface area contributed by atoms with Crippen molar-refractivity contribution in [2.24, 2.45) is 5.92 Å². The quantitative estimate of drug-likeness (QED) is 0.709. The summed E-state index contributed by atoms with van der Waals surface area (Å²) >= 11 is 0. The first-order chi connectivity index (χ1) is 9.85. The van der Waals surface area contributed by atoms with Crippen LogP contribution in [-0.2, 0) is 9.53 Å². The van der Waals surface area contributed by atoms with Crippen LogP contribution in [0.5, 0.6) is 0 Å². The van der Waals surface area contributed by atoms with Gasteiger partial charge in [-0.15, -0.1) is 0 Å². The van der Waals surface area contributed by atoms with Gasteiger partial charge in [0.1, 0.15) is 5.54 Å². The van der Waals surface area contributed by atoms with Crippen molar-refractivity contribution in [2.75, 3.05) is 40.8 Å². The third-order valence-corrected chi connectivity index (χ3v) is 4.98. The monoisotopic (exact) mass is 297 g/mol. The number of nitrogens with one attached hydrogen (secondary N) is 1. The molecular formula is C16H31N3O2. The Morgan fingerprint density at radius 3 is 2.52 bits per heavy atom. The van der Waals surface area contributed by atoms with E-state index >= 15 is 0 Å². The molecule has 5 nitrogen and oxygen atoms in total. The predicted octanol–water partition coefficient (Wildman–Crippen LogP) is 0.942. The van der Waals surface area contributed by atoms with Crippen LogP contribution in [0.2, 0.25) is 0 Å². The van der Waals surface area contributed by atoms with Gasteiger partial charge < -0.3 is 14.5 Å².